The quantitative estimate of drug-likeness (QED) is 0.584. The van der Waals surface area contributed by atoms with E-state index in [-0.39, 0.29) is 0 Å². The van der Waals surface area contributed by atoms with E-state index in [9.17, 15) is 0 Å². The molecule has 0 aliphatic heterocycles. The van der Waals surface area contributed by atoms with Crippen LogP contribution in [0.2, 0.25) is 0 Å². The Morgan fingerprint density at radius 2 is 2.06 bits per heavy atom. The lowest BCUT2D eigenvalue weighted by Crippen LogP contribution is -2.11. The molecule has 0 aromatic heterocycles. The maximum Gasteiger partial charge on any atom is 0.0255 e. The second-order valence-corrected chi connectivity index (χ2v) is 5.65. The van der Waals surface area contributed by atoms with Crippen LogP contribution in [0.25, 0.3) is 0 Å². The molecule has 1 aromatic rings. The molecule has 0 bridgehead atoms. The Labute approximate surface area is 111 Å². The lowest BCUT2D eigenvalue weighted by atomic mass is 9.89. The highest BCUT2D eigenvalue weighted by atomic mass is 35.5. The van der Waals surface area contributed by atoms with Crippen molar-refractivity contribution in [3.05, 3.63) is 35.4 Å². The largest absolute Gasteiger partial charge is 0.126 e. The van der Waals surface area contributed by atoms with Crippen LogP contribution in [0, 0.1) is 18.8 Å². The molecule has 1 heteroatoms. The topological polar surface area (TPSA) is 0 Å². The van der Waals surface area contributed by atoms with Gasteiger partial charge in [0, 0.05) is 5.88 Å². The van der Waals surface area contributed by atoms with Gasteiger partial charge >= 0.3 is 0 Å². The number of halogens is 1. The Hall–Kier alpha value is -0.490. The van der Waals surface area contributed by atoms with Gasteiger partial charge in [0.2, 0.25) is 0 Å². The van der Waals surface area contributed by atoms with Crippen molar-refractivity contribution in [2.24, 2.45) is 11.8 Å². The number of rotatable bonds is 7. The van der Waals surface area contributed by atoms with Gasteiger partial charge in [0.05, 0.1) is 0 Å². The van der Waals surface area contributed by atoms with E-state index in [1.807, 2.05) is 0 Å². The third-order valence-electron chi connectivity index (χ3n) is 3.34. The van der Waals surface area contributed by atoms with Gasteiger partial charge in [-0.25, -0.2) is 0 Å². The van der Waals surface area contributed by atoms with Crippen LogP contribution < -0.4 is 0 Å². The Bertz CT molecular complexity index is 319. The van der Waals surface area contributed by atoms with Gasteiger partial charge in [-0.3, -0.25) is 0 Å². The zero-order valence-electron chi connectivity index (χ0n) is 11.4. The van der Waals surface area contributed by atoms with Crippen molar-refractivity contribution < 1.29 is 0 Å². The number of hydrogen-bond acceptors (Lipinski definition) is 0. The lowest BCUT2D eigenvalue weighted by molar-refractivity contribution is 0.393. The van der Waals surface area contributed by atoms with Gasteiger partial charge in [-0.1, -0.05) is 56.5 Å². The molecule has 0 aliphatic carbocycles. The molecule has 17 heavy (non-hydrogen) atoms. The molecule has 0 heterocycles. The highest BCUT2D eigenvalue weighted by molar-refractivity contribution is 6.18. The van der Waals surface area contributed by atoms with Gasteiger partial charge in [-0.2, -0.15) is 0 Å². The maximum absolute atomic E-state index is 6.10. The molecule has 0 fully saturated rings. The van der Waals surface area contributed by atoms with Crippen molar-refractivity contribution >= 4 is 11.6 Å². The Balaban J connectivity index is 2.51. The van der Waals surface area contributed by atoms with Gasteiger partial charge in [0.25, 0.3) is 0 Å². The van der Waals surface area contributed by atoms with Gasteiger partial charge < -0.3 is 0 Å². The summed E-state index contributed by atoms with van der Waals surface area (Å²) in [7, 11) is 0. The van der Waals surface area contributed by atoms with Crippen LogP contribution in [0.1, 0.15) is 44.2 Å². The summed E-state index contributed by atoms with van der Waals surface area (Å²) >= 11 is 6.10. The fourth-order valence-corrected chi connectivity index (χ4v) is 2.79. The molecule has 0 amide bonds. The van der Waals surface area contributed by atoms with E-state index >= 15 is 0 Å². The van der Waals surface area contributed by atoms with Crippen LogP contribution in [-0.4, -0.2) is 5.88 Å². The van der Waals surface area contributed by atoms with Crippen LogP contribution in [0.4, 0.5) is 0 Å². The van der Waals surface area contributed by atoms with Crippen molar-refractivity contribution in [3.63, 3.8) is 0 Å². The monoisotopic (exact) mass is 252 g/mol. The van der Waals surface area contributed by atoms with E-state index in [1.54, 1.807) is 0 Å². The highest BCUT2D eigenvalue weighted by Crippen LogP contribution is 2.22. The first-order valence-electron chi connectivity index (χ1n) is 6.77. The maximum atomic E-state index is 6.10. The predicted octanol–water partition coefficient (Wildman–Crippen LogP) is 5.22. The van der Waals surface area contributed by atoms with E-state index in [4.69, 9.17) is 11.6 Å². The van der Waals surface area contributed by atoms with Crippen molar-refractivity contribution in [2.75, 3.05) is 5.88 Å². The molecule has 0 saturated carbocycles. The Kier molecular flexibility index (Phi) is 6.65. The van der Waals surface area contributed by atoms with Crippen LogP contribution in [0.3, 0.4) is 0 Å². The molecular weight excluding hydrogens is 228 g/mol. The second kappa shape index (κ2) is 7.76. The van der Waals surface area contributed by atoms with Crippen molar-refractivity contribution in [3.8, 4) is 0 Å². The molecule has 2 atom stereocenters. The molecule has 0 N–H and O–H groups in total. The molecule has 0 saturated heterocycles. The summed E-state index contributed by atoms with van der Waals surface area (Å²) in [5, 5.41) is 0. The molecule has 2 unspecified atom stereocenters. The average Bonchev–Trinajstić information content (AvgIpc) is 2.28. The summed E-state index contributed by atoms with van der Waals surface area (Å²) in [6.45, 7) is 6.75. The van der Waals surface area contributed by atoms with Gasteiger partial charge in [-0.05, 0) is 37.2 Å². The van der Waals surface area contributed by atoms with E-state index in [2.05, 4.69) is 45.0 Å². The van der Waals surface area contributed by atoms with Crippen molar-refractivity contribution in [1.29, 1.82) is 0 Å². The van der Waals surface area contributed by atoms with E-state index in [0.29, 0.717) is 5.92 Å². The predicted molar refractivity (Wildman–Crippen MR) is 77.8 cm³/mol. The third-order valence-corrected chi connectivity index (χ3v) is 3.78. The molecule has 0 aliphatic rings. The summed E-state index contributed by atoms with van der Waals surface area (Å²) in [6, 6.07) is 8.80. The first-order valence-corrected chi connectivity index (χ1v) is 7.30. The molecule has 0 radical (unpaired) electrons. The molecule has 0 nitrogen and oxygen atoms in total. The highest BCUT2D eigenvalue weighted by Gasteiger charge is 2.12. The minimum atomic E-state index is 0.625. The summed E-state index contributed by atoms with van der Waals surface area (Å²) in [4.78, 5) is 0. The molecular formula is C16H25Cl. The number of hydrogen-bond donors (Lipinski definition) is 0. The average molecular weight is 253 g/mol. The zero-order chi connectivity index (χ0) is 12.7. The van der Waals surface area contributed by atoms with Gasteiger partial charge in [0.1, 0.15) is 0 Å². The number of aryl methyl sites for hydroxylation is 1. The van der Waals surface area contributed by atoms with Crippen molar-refractivity contribution in [2.45, 2.75) is 46.5 Å². The van der Waals surface area contributed by atoms with Crippen LogP contribution in [0.15, 0.2) is 24.3 Å². The van der Waals surface area contributed by atoms with E-state index < -0.39 is 0 Å². The second-order valence-electron chi connectivity index (χ2n) is 5.34. The van der Waals surface area contributed by atoms with Crippen molar-refractivity contribution in [1.82, 2.24) is 0 Å². The molecule has 1 rings (SSSR count). The fourth-order valence-electron chi connectivity index (χ4n) is 2.55. The molecule has 0 spiro atoms. The minimum absolute atomic E-state index is 0.625. The Morgan fingerprint density at radius 3 is 2.65 bits per heavy atom. The van der Waals surface area contributed by atoms with Crippen LogP contribution >= 0.6 is 11.6 Å². The smallest absolute Gasteiger partial charge is 0.0255 e. The van der Waals surface area contributed by atoms with Crippen LogP contribution in [0.5, 0.6) is 0 Å². The summed E-state index contributed by atoms with van der Waals surface area (Å²) < 4.78 is 0. The fraction of sp³-hybridized carbons (Fsp3) is 0.625. The van der Waals surface area contributed by atoms with Gasteiger partial charge in [0.15, 0.2) is 0 Å². The van der Waals surface area contributed by atoms with E-state index in [0.717, 1.165) is 18.2 Å². The summed E-state index contributed by atoms with van der Waals surface area (Å²) in [6.07, 6.45) is 4.98. The van der Waals surface area contributed by atoms with Crippen LogP contribution in [-0.2, 0) is 6.42 Å². The zero-order valence-corrected chi connectivity index (χ0v) is 12.1. The normalized spacial score (nSPS) is 14.6. The SMILES string of the molecule is CCCC(C)CC(CCl)Cc1cccc(C)c1. The first-order chi connectivity index (χ1) is 8.15. The number of benzene rings is 1. The Morgan fingerprint density at radius 1 is 1.29 bits per heavy atom. The third kappa shape index (κ3) is 5.59. The van der Waals surface area contributed by atoms with E-state index in [1.165, 1.54) is 30.4 Å². The summed E-state index contributed by atoms with van der Waals surface area (Å²) in [5.74, 6) is 2.20. The standard InChI is InChI=1S/C16H25Cl/c1-4-6-13(2)10-16(12-17)11-15-8-5-7-14(3)9-15/h5,7-9,13,16H,4,6,10-12H2,1-3H3. The first kappa shape index (κ1) is 14.6. The minimum Gasteiger partial charge on any atom is -0.126 e. The molecule has 96 valence electrons. The molecule has 1 aromatic carbocycles. The number of alkyl halides is 1. The summed E-state index contributed by atoms with van der Waals surface area (Å²) in [5.41, 5.74) is 2.77. The van der Waals surface area contributed by atoms with Gasteiger partial charge in [-0.15, -0.1) is 11.6 Å². The lowest BCUT2D eigenvalue weighted by Gasteiger charge is -2.18.